The van der Waals surface area contributed by atoms with Crippen LogP contribution in [0, 0.1) is 24.0 Å². The normalized spacial score (nSPS) is 12.4. The zero-order chi connectivity index (χ0) is 18.8. The minimum atomic E-state index is -3.96. The van der Waals surface area contributed by atoms with E-state index >= 15 is 0 Å². The molecule has 8 heteroatoms. The summed E-state index contributed by atoms with van der Waals surface area (Å²) in [7, 11) is -3.96. The van der Waals surface area contributed by atoms with Gasteiger partial charge in [0.05, 0.1) is 9.82 Å². The number of benzene rings is 2. The molecule has 0 radical (unpaired) electrons. The summed E-state index contributed by atoms with van der Waals surface area (Å²) in [5.74, 6) is -0.662. The van der Waals surface area contributed by atoms with Crippen molar-refractivity contribution in [3.8, 4) is 0 Å². The van der Waals surface area contributed by atoms with Crippen LogP contribution in [0.2, 0.25) is 0 Å². The van der Waals surface area contributed by atoms with Crippen LogP contribution in [0.15, 0.2) is 47.4 Å². The van der Waals surface area contributed by atoms with Crippen LogP contribution in [0.4, 0.5) is 11.4 Å². The Morgan fingerprint density at radius 3 is 2.24 bits per heavy atom. The van der Waals surface area contributed by atoms with E-state index in [1.807, 2.05) is 26.0 Å². The lowest BCUT2D eigenvalue weighted by Crippen LogP contribution is -2.32. The number of rotatable bonds is 5. The Balaban J connectivity index is 2.23. The molecule has 1 atom stereocenters. The minimum absolute atomic E-state index is 0.138. The van der Waals surface area contributed by atoms with E-state index < -0.39 is 25.9 Å². The average Bonchev–Trinajstić information content (AvgIpc) is 2.56. The van der Waals surface area contributed by atoms with E-state index in [1.54, 1.807) is 6.07 Å². The Hall–Kier alpha value is -2.74. The Morgan fingerprint density at radius 1 is 1.12 bits per heavy atom. The molecule has 0 bridgehead atoms. The summed E-state index contributed by atoms with van der Waals surface area (Å²) in [4.78, 5) is 22.2. The summed E-state index contributed by atoms with van der Waals surface area (Å²) in [5.41, 5.74) is 2.18. The third-order valence-corrected chi connectivity index (χ3v) is 5.92. The number of non-ortho nitro benzene ring substituents is 1. The molecule has 7 nitrogen and oxygen atoms in total. The van der Waals surface area contributed by atoms with Gasteiger partial charge in [0.25, 0.3) is 5.69 Å². The van der Waals surface area contributed by atoms with Crippen LogP contribution in [0.5, 0.6) is 0 Å². The van der Waals surface area contributed by atoms with Crippen molar-refractivity contribution in [1.82, 2.24) is 0 Å². The van der Waals surface area contributed by atoms with Gasteiger partial charge in [0, 0.05) is 17.8 Å². The molecule has 0 saturated carbocycles. The molecule has 0 fully saturated rings. The van der Waals surface area contributed by atoms with Gasteiger partial charge in [-0.3, -0.25) is 14.9 Å². The second-order valence-corrected chi connectivity index (χ2v) is 8.01. The number of nitro groups is 1. The van der Waals surface area contributed by atoms with Gasteiger partial charge >= 0.3 is 0 Å². The number of nitrogens with zero attached hydrogens (tertiary/aromatic N) is 1. The van der Waals surface area contributed by atoms with Gasteiger partial charge in [-0.25, -0.2) is 8.42 Å². The summed E-state index contributed by atoms with van der Waals surface area (Å²) in [6.07, 6.45) is 0. The molecule has 0 heterocycles. The maximum atomic E-state index is 12.6. The Morgan fingerprint density at radius 2 is 1.72 bits per heavy atom. The predicted octanol–water partition coefficient (Wildman–Crippen LogP) is 3.01. The van der Waals surface area contributed by atoms with Crippen LogP contribution >= 0.6 is 0 Å². The first-order valence-corrected chi connectivity index (χ1v) is 9.04. The Bertz CT molecular complexity index is 921. The van der Waals surface area contributed by atoms with E-state index in [0.717, 1.165) is 35.4 Å². The lowest BCUT2D eigenvalue weighted by Gasteiger charge is -2.15. The van der Waals surface area contributed by atoms with Crippen molar-refractivity contribution < 1.29 is 18.1 Å². The van der Waals surface area contributed by atoms with Crippen molar-refractivity contribution >= 4 is 27.1 Å². The molecule has 1 amide bonds. The zero-order valence-corrected chi connectivity index (χ0v) is 14.8. The lowest BCUT2D eigenvalue weighted by molar-refractivity contribution is -0.384. The molecule has 25 heavy (non-hydrogen) atoms. The lowest BCUT2D eigenvalue weighted by atomic mass is 10.1. The topological polar surface area (TPSA) is 106 Å². The SMILES string of the molecule is Cc1ccc(NC(=O)[C@@H](C)S(=O)(=O)c2ccc([N+](=O)[O-])cc2)c(C)c1. The molecular weight excluding hydrogens is 344 g/mol. The van der Waals surface area contributed by atoms with E-state index in [9.17, 15) is 23.3 Å². The third-order valence-electron chi connectivity index (χ3n) is 3.85. The highest BCUT2D eigenvalue weighted by molar-refractivity contribution is 7.92. The minimum Gasteiger partial charge on any atom is -0.325 e. The second-order valence-electron chi connectivity index (χ2n) is 5.75. The number of carbonyl (C=O) groups excluding carboxylic acids is 1. The molecule has 0 aliphatic heterocycles. The highest BCUT2D eigenvalue weighted by atomic mass is 32.2. The number of sulfone groups is 1. The molecule has 1 N–H and O–H groups in total. The fraction of sp³-hybridized carbons (Fsp3) is 0.235. The van der Waals surface area contributed by atoms with Crippen molar-refractivity contribution in [1.29, 1.82) is 0 Å². The monoisotopic (exact) mass is 362 g/mol. The fourth-order valence-electron chi connectivity index (χ4n) is 2.29. The fourth-order valence-corrected chi connectivity index (χ4v) is 3.56. The highest BCUT2D eigenvalue weighted by Gasteiger charge is 2.30. The molecule has 0 aromatic heterocycles. The average molecular weight is 362 g/mol. The van der Waals surface area contributed by atoms with E-state index in [2.05, 4.69) is 5.32 Å². The van der Waals surface area contributed by atoms with Crippen LogP contribution in [-0.4, -0.2) is 24.5 Å². The molecule has 2 aromatic rings. The summed E-state index contributed by atoms with van der Waals surface area (Å²) in [5, 5.41) is 11.9. The van der Waals surface area contributed by atoms with Gasteiger partial charge < -0.3 is 5.32 Å². The van der Waals surface area contributed by atoms with Crippen molar-refractivity contribution in [3.05, 3.63) is 63.7 Å². The number of hydrogen-bond donors (Lipinski definition) is 1. The molecule has 0 unspecified atom stereocenters. The Labute approximate surface area is 145 Å². The maximum Gasteiger partial charge on any atom is 0.269 e. The van der Waals surface area contributed by atoms with E-state index in [-0.39, 0.29) is 10.6 Å². The van der Waals surface area contributed by atoms with Gasteiger partial charge in [-0.1, -0.05) is 17.7 Å². The molecule has 0 spiro atoms. The van der Waals surface area contributed by atoms with Crippen molar-refractivity contribution in [3.63, 3.8) is 0 Å². The molecular formula is C17H18N2O5S. The van der Waals surface area contributed by atoms with Gasteiger partial charge in [-0.05, 0) is 44.5 Å². The summed E-state index contributed by atoms with van der Waals surface area (Å²) in [6, 6.07) is 9.88. The second kappa shape index (κ2) is 7.02. The molecule has 2 rings (SSSR count). The van der Waals surface area contributed by atoms with Crippen LogP contribution < -0.4 is 5.32 Å². The Kier molecular flexibility index (Phi) is 5.22. The van der Waals surface area contributed by atoms with Crippen LogP contribution in [-0.2, 0) is 14.6 Å². The third kappa shape index (κ3) is 4.03. The van der Waals surface area contributed by atoms with Gasteiger partial charge in [0.2, 0.25) is 5.91 Å². The van der Waals surface area contributed by atoms with Crippen molar-refractivity contribution in [2.24, 2.45) is 0 Å². The largest absolute Gasteiger partial charge is 0.325 e. The first-order valence-electron chi connectivity index (χ1n) is 7.49. The molecule has 132 valence electrons. The van der Waals surface area contributed by atoms with Gasteiger partial charge in [0.15, 0.2) is 9.84 Å². The van der Waals surface area contributed by atoms with Crippen LogP contribution in [0.3, 0.4) is 0 Å². The molecule has 2 aromatic carbocycles. The predicted molar refractivity (Wildman–Crippen MR) is 94.3 cm³/mol. The number of carbonyl (C=O) groups is 1. The van der Waals surface area contributed by atoms with Gasteiger partial charge in [-0.15, -0.1) is 0 Å². The van der Waals surface area contributed by atoms with Crippen molar-refractivity contribution in [2.45, 2.75) is 30.9 Å². The van der Waals surface area contributed by atoms with E-state index in [1.165, 1.54) is 6.92 Å². The number of anilines is 1. The summed E-state index contributed by atoms with van der Waals surface area (Å²) in [6.45, 7) is 5.02. The summed E-state index contributed by atoms with van der Waals surface area (Å²) < 4.78 is 25.1. The first kappa shape index (κ1) is 18.6. The molecule has 0 saturated heterocycles. The highest BCUT2D eigenvalue weighted by Crippen LogP contribution is 2.22. The van der Waals surface area contributed by atoms with Crippen molar-refractivity contribution in [2.75, 3.05) is 5.32 Å². The van der Waals surface area contributed by atoms with E-state index in [4.69, 9.17) is 0 Å². The van der Waals surface area contributed by atoms with Crippen LogP contribution in [0.25, 0.3) is 0 Å². The maximum absolute atomic E-state index is 12.6. The number of nitrogens with one attached hydrogen (secondary N) is 1. The zero-order valence-electron chi connectivity index (χ0n) is 14.0. The number of hydrogen-bond acceptors (Lipinski definition) is 5. The van der Waals surface area contributed by atoms with Gasteiger partial charge in [-0.2, -0.15) is 0 Å². The number of aryl methyl sites for hydroxylation is 2. The van der Waals surface area contributed by atoms with E-state index in [0.29, 0.717) is 5.69 Å². The molecule has 0 aliphatic carbocycles. The molecule has 0 aliphatic rings. The first-order chi connectivity index (χ1) is 11.6. The number of nitro benzene ring substituents is 1. The standard InChI is InChI=1S/C17H18N2O5S/c1-11-4-9-16(12(2)10-11)18-17(20)13(3)25(23,24)15-7-5-14(6-8-15)19(21)22/h4-10,13H,1-3H3,(H,18,20)/t13-/m1/s1. The summed E-state index contributed by atoms with van der Waals surface area (Å²) >= 11 is 0. The van der Waals surface area contributed by atoms with Crippen LogP contribution in [0.1, 0.15) is 18.1 Å². The number of amides is 1. The smallest absolute Gasteiger partial charge is 0.269 e. The quantitative estimate of drug-likeness (QED) is 0.650. The van der Waals surface area contributed by atoms with Gasteiger partial charge in [0.1, 0.15) is 5.25 Å².